The molecule has 0 aliphatic heterocycles. The van der Waals surface area contributed by atoms with Crippen LogP contribution in [0.15, 0.2) is 60.7 Å². The average molecular weight is 240 g/mol. The zero-order valence-electron chi connectivity index (χ0n) is 10.0. The summed E-state index contributed by atoms with van der Waals surface area (Å²) in [6, 6.07) is 17.5. The van der Waals surface area contributed by atoms with E-state index in [1.807, 2.05) is 12.1 Å². The van der Waals surface area contributed by atoms with E-state index in [0.29, 0.717) is 11.1 Å². The lowest BCUT2D eigenvalue weighted by molar-refractivity contribution is -0.151. The molecule has 18 heavy (non-hydrogen) atoms. The Balaban J connectivity index is 2.59. The standard InChI is InChI=1S/C14H13BO3/c15-18-13(16)14(17,11-7-3-1-4-8-11)12-9-5-2-6-10-12/h1-10,17H,15H2. The largest absolute Gasteiger partial charge is 0.541 e. The Labute approximate surface area is 106 Å². The van der Waals surface area contributed by atoms with Gasteiger partial charge in [0, 0.05) is 0 Å². The quantitative estimate of drug-likeness (QED) is 0.814. The molecule has 0 amide bonds. The maximum absolute atomic E-state index is 12.0. The van der Waals surface area contributed by atoms with Gasteiger partial charge >= 0.3 is 14.0 Å². The third kappa shape index (κ3) is 2.02. The molecular formula is C14H13BO3. The van der Waals surface area contributed by atoms with Gasteiger partial charge in [-0.2, -0.15) is 0 Å². The van der Waals surface area contributed by atoms with Gasteiger partial charge in [0.25, 0.3) is 0 Å². The molecule has 0 fully saturated rings. The normalized spacial score (nSPS) is 10.9. The third-order valence-electron chi connectivity index (χ3n) is 2.86. The molecule has 0 bridgehead atoms. The molecule has 0 radical (unpaired) electrons. The lowest BCUT2D eigenvalue weighted by Gasteiger charge is -2.26. The van der Waals surface area contributed by atoms with Crippen molar-refractivity contribution in [1.82, 2.24) is 0 Å². The summed E-state index contributed by atoms with van der Waals surface area (Å²) >= 11 is 0. The Kier molecular flexibility index (Phi) is 3.49. The topological polar surface area (TPSA) is 46.5 Å². The highest BCUT2D eigenvalue weighted by Crippen LogP contribution is 2.30. The molecule has 0 unspecified atom stereocenters. The van der Waals surface area contributed by atoms with Gasteiger partial charge < -0.3 is 9.76 Å². The molecule has 2 aromatic rings. The van der Waals surface area contributed by atoms with Gasteiger partial charge in [-0.05, 0) is 11.1 Å². The Morgan fingerprint density at radius 1 is 0.944 bits per heavy atom. The summed E-state index contributed by atoms with van der Waals surface area (Å²) in [5, 5.41) is 10.7. The predicted molar refractivity (Wildman–Crippen MR) is 70.5 cm³/mol. The number of hydrogen-bond acceptors (Lipinski definition) is 3. The van der Waals surface area contributed by atoms with Crippen molar-refractivity contribution in [3.63, 3.8) is 0 Å². The van der Waals surface area contributed by atoms with Gasteiger partial charge in [0.1, 0.15) is 0 Å². The predicted octanol–water partition coefficient (Wildman–Crippen LogP) is 1.01. The fraction of sp³-hybridized carbons (Fsp3) is 0.0714. The van der Waals surface area contributed by atoms with Crippen LogP contribution < -0.4 is 0 Å². The van der Waals surface area contributed by atoms with Crippen molar-refractivity contribution in [3.8, 4) is 0 Å². The molecule has 0 saturated heterocycles. The van der Waals surface area contributed by atoms with Crippen LogP contribution in [0.2, 0.25) is 0 Å². The number of carbonyl (C=O) groups excluding carboxylic acids is 1. The van der Waals surface area contributed by atoms with Crippen molar-refractivity contribution in [2.24, 2.45) is 0 Å². The fourth-order valence-corrected chi connectivity index (χ4v) is 1.91. The van der Waals surface area contributed by atoms with Crippen molar-refractivity contribution in [1.29, 1.82) is 0 Å². The maximum atomic E-state index is 12.0. The second-order valence-corrected chi connectivity index (χ2v) is 3.93. The second kappa shape index (κ2) is 5.06. The molecule has 1 N–H and O–H groups in total. The summed E-state index contributed by atoms with van der Waals surface area (Å²) in [7, 11) is 1.26. The molecule has 2 aromatic carbocycles. The first-order valence-corrected chi connectivity index (χ1v) is 5.61. The number of hydrogen-bond donors (Lipinski definition) is 1. The van der Waals surface area contributed by atoms with Crippen LogP contribution in [0, 0.1) is 0 Å². The van der Waals surface area contributed by atoms with Crippen molar-refractivity contribution in [2.45, 2.75) is 5.60 Å². The van der Waals surface area contributed by atoms with Crippen LogP contribution in [0.25, 0.3) is 0 Å². The number of benzene rings is 2. The zero-order valence-corrected chi connectivity index (χ0v) is 10.0. The fourth-order valence-electron chi connectivity index (χ4n) is 1.91. The summed E-state index contributed by atoms with van der Waals surface area (Å²) < 4.78 is 4.74. The first-order valence-electron chi connectivity index (χ1n) is 5.61. The van der Waals surface area contributed by atoms with Crippen LogP contribution in [0.3, 0.4) is 0 Å². The van der Waals surface area contributed by atoms with Crippen LogP contribution in [-0.2, 0) is 15.0 Å². The minimum absolute atomic E-state index is 0.489. The highest BCUT2D eigenvalue weighted by molar-refractivity contribution is 6.07. The molecule has 0 aliphatic rings. The van der Waals surface area contributed by atoms with Crippen LogP contribution in [0.5, 0.6) is 0 Å². The summed E-state index contributed by atoms with van der Waals surface area (Å²) in [5.74, 6) is -0.695. The first-order chi connectivity index (χ1) is 8.69. The molecular weight excluding hydrogens is 227 g/mol. The maximum Gasteiger partial charge on any atom is 0.329 e. The van der Waals surface area contributed by atoms with Crippen molar-refractivity contribution >= 4 is 14.0 Å². The highest BCUT2D eigenvalue weighted by atomic mass is 16.5. The number of rotatable bonds is 3. The summed E-state index contributed by atoms with van der Waals surface area (Å²) in [4.78, 5) is 12.0. The van der Waals surface area contributed by atoms with E-state index in [2.05, 4.69) is 0 Å². The second-order valence-electron chi connectivity index (χ2n) is 3.93. The first kappa shape index (κ1) is 12.4. The van der Waals surface area contributed by atoms with E-state index in [9.17, 15) is 9.90 Å². The number of aliphatic hydroxyl groups is 1. The minimum atomic E-state index is -1.77. The molecule has 3 nitrogen and oxygen atoms in total. The van der Waals surface area contributed by atoms with Crippen LogP contribution in [0.4, 0.5) is 0 Å². The van der Waals surface area contributed by atoms with Gasteiger partial charge in [0.05, 0.1) is 0 Å². The van der Waals surface area contributed by atoms with Gasteiger partial charge in [-0.25, -0.2) is 4.79 Å². The Bertz CT molecular complexity index is 486. The van der Waals surface area contributed by atoms with E-state index in [1.54, 1.807) is 48.5 Å². The van der Waals surface area contributed by atoms with E-state index in [4.69, 9.17) is 4.65 Å². The van der Waals surface area contributed by atoms with Gasteiger partial charge in [0.15, 0.2) is 0 Å². The Morgan fingerprint density at radius 2 is 1.33 bits per heavy atom. The lowest BCUT2D eigenvalue weighted by Crippen LogP contribution is -2.38. The molecule has 0 aromatic heterocycles. The van der Waals surface area contributed by atoms with Crippen molar-refractivity contribution < 1.29 is 14.6 Å². The number of carbonyl (C=O) groups is 1. The zero-order chi connectivity index (χ0) is 13.0. The lowest BCUT2D eigenvalue weighted by atomic mass is 9.86. The van der Waals surface area contributed by atoms with Crippen molar-refractivity contribution in [2.75, 3.05) is 0 Å². The van der Waals surface area contributed by atoms with E-state index in [0.717, 1.165) is 0 Å². The third-order valence-corrected chi connectivity index (χ3v) is 2.86. The Morgan fingerprint density at radius 3 is 1.67 bits per heavy atom. The summed E-state index contributed by atoms with van der Waals surface area (Å²) in [6.45, 7) is 0. The molecule has 0 heterocycles. The molecule has 90 valence electrons. The van der Waals surface area contributed by atoms with Gasteiger partial charge in [-0.3, -0.25) is 0 Å². The van der Waals surface area contributed by atoms with Crippen LogP contribution >= 0.6 is 0 Å². The molecule has 2 rings (SSSR count). The van der Waals surface area contributed by atoms with Crippen LogP contribution in [0.1, 0.15) is 11.1 Å². The van der Waals surface area contributed by atoms with Gasteiger partial charge in [-0.15, -0.1) is 0 Å². The van der Waals surface area contributed by atoms with E-state index >= 15 is 0 Å². The summed E-state index contributed by atoms with van der Waals surface area (Å²) in [6.07, 6.45) is 0. The molecule has 0 saturated carbocycles. The Hall–Kier alpha value is -2.07. The molecule has 0 aliphatic carbocycles. The molecule has 4 heteroatoms. The van der Waals surface area contributed by atoms with Gasteiger partial charge in [-0.1, -0.05) is 60.7 Å². The average Bonchev–Trinajstić information content (AvgIpc) is 2.47. The monoisotopic (exact) mass is 240 g/mol. The minimum Gasteiger partial charge on any atom is -0.541 e. The van der Waals surface area contributed by atoms with E-state index in [-0.39, 0.29) is 0 Å². The molecule has 0 spiro atoms. The highest BCUT2D eigenvalue weighted by Gasteiger charge is 2.40. The van der Waals surface area contributed by atoms with E-state index in [1.165, 1.54) is 8.05 Å². The van der Waals surface area contributed by atoms with Crippen molar-refractivity contribution in [3.05, 3.63) is 71.8 Å². The van der Waals surface area contributed by atoms with E-state index < -0.39 is 11.6 Å². The van der Waals surface area contributed by atoms with Gasteiger partial charge in [0.2, 0.25) is 5.60 Å². The van der Waals surface area contributed by atoms with Crippen LogP contribution in [-0.4, -0.2) is 19.1 Å². The molecule has 0 atom stereocenters. The smallest absolute Gasteiger partial charge is 0.329 e. The summed E-state index contributed by atoms with van der Waals surface area (Å²) in [5.41, 5.74) is -0.789. The SMILES string of the molecule is BOC(=O)C(O)(c1ccccc1)c1ccccc1.